The molecule has 3 saturated carbocycles. The van der Waals surface area contributed by atoms with Crippen LogP contribution in [0.5, 0.6) is 23.0 Å². The van der Waals surface area contributed by atoms with Crippen LogP contribution in [0.15, 0.2) is 119 Å². The Balaban J connectivity index is 0.000000127. The zero-order valence-corrected chi connectivity index (χ0v) is 45.6. The first-order valence-corrected chi connectivity index (χ1v) is 27.7. The van der Waals surface area contributed by atoms with Crippen molar-refractivity contribution >= 4 is 40.5 Å². The van der Waals surface area contributed by atoms with Crippen molar-refractivity contribution in [2.75, 3.05) is 71.7 Å². The van der Waals surface area contributed by atoms with Crippen LogP contribution < -0.4 is 19.7 Å². The molecule has 3 heterocycles. The Labute approximate surface area is 447 Å². The molecule has 5 aromatic carbocycles. The van der Waals surface area contributed by atoms with Crippen molar-refractivity contribution in [1.29, 1.82) is 0 Å². The summed E-state index contributed by atoms with van der Waals surface area (Å²) in [4.78, 5) is 35.3. The van der Waals surface area contributed by atoms with Gasteiger partial charge in [0, 0.05) is 72.0 Å². The van der Waals surface area contributed by atoms with Gasteiger partial charge in [-0.15, -0.1) is 0 Å². The number of para-hydroxylation sites is 2. The molecular weight excluding hydrogens is 963 g/mol. The summed E-state index contributed by atoms with van der Waals surface area (Å²) in [5.41, 5.74) is 4.08. The van der Waals surface area contributed by atoms with E-state index in [9.17, 15) is 24.9 Å². The van der Waals surface area contributed by atoms with Crippen LogP contribution in [-0.2, 0) is 27.0 Å². The third kappa shape index (κ3) is 11.0. The highest BCUT2D eigenvalue weighted by molar-refractivity contribution is 7.99. The first kappa shape index (κ1) is 54.2. The third-order valence-corrected chi connectivity index (χ3v) is 17.9. The van der Waals surface area contributed by atoms with Gasteiger partial charge in [0.25, 0.3) is 0 Å². The smallest absolute Gasteiger partial charge is 0.221 e. The minimum atomic E-state index is -0.940. The van der Waals surface area contributed by atoms with E-state index < -0.39 is 22.7 Å². The van der Waals surface area contributed by atoms with Crippen molar-refractivity contribution in [3.63, 3.8) is 0 Å². The van der Waals surface area contributed by atoms with Gasteiger partial charge in [-0.2, -0.15) is 0 Å². The Bertz CT molecular complexity index is 2780. The molecule has 1 saturated heterocycles. The molecule has 0 aromatic heterocycles. The number of phenolic OH excluding ortho intramolecular Hbond substituents is 2. The fraction of sp³-hybridized carbons (Fsp3) is 0.475. The molecule has 5 N–H and O–H groups in total. The molecule has 7 aliphatic rings. The molecule has 1 unspecified atom stereocenters. The van der Waals surface area contributed by atoms with E-state index in [4.69, 9.17) is 14.6 Å². The van der Waals surface area contributed by atoms with E-state index in [0.29, 0.717) is 36.2 Å². The summed E-state index contributed by atoms with van der Waals surface area (Å²) >= 11 is 1.87. The highest BCUT2D eigenvalue weighted by Crippen LogP contribution is 2.65. The number of nitrogens with one attached hydrogen (secondary N) is 1. The topological polar surface area (TPSA) is 159 Å². The Kier molecular flexibility index (Phi) is 16.3. The van der Waals surface area contributed by atoms with Crippen molar-refractivity contribution in [2.24, 2.45) is 11.8 Å². The van der Waals surface area contributed by atoms with Gasteiger partial charge in [0.15, 0.2) is 23.4 Å². The van der Waals surface area contributed by atoms with Crippen LogP contribution in [-0.4, -0.2) is 132 Å². The first-order valence-electron chi connectivity index (χ1n) is 26.8. The van der Waals surface area contributed by atoms with Gasteiger partial charge in [0.2, 0.25) is 5.91 Å². The number of ether oxygens (including phenoxy) is 2. The highest BCUT2D eigenvalue weighted by Gasteiger charge is 2.73. The predicted octanol–water partition coefficient (Wildman–Crippen LogP) is 9.75. The molecule has 5 aromatic rings. The summed E-state index contributed by atoms with van der Waals surface area (Å²) in [5, 5.41) is 44.9. The Morgan fingerprint density at radius 1 is 0.867 bits per heavy atom. The fourth-order valence-electron chi connectivity index (χ4n) is 12.6. The number of likely N-dealkylation sites (N-methyl/N-ethyl adjacent to an activating group) is 1. The normalized spacial score (nSPS) is 26.1. The van der Waals surface area contributed by atoms with Crippen molar-refractivity contribution in [3.8, 4) is 23.0 Å². The number of carbonyl (C=O) groups excluding carboxylic acids is 2. The van der Waals surface area contributed by atoms with Crippen LogP contribution in [0.25, 0.3) is 0 Å². The quantitative estimate of drug-likeness (QED) is 0.0843. The monoisotopic (exact) mass is 1040 g/mol. The number of benzene rings is 5. The standard InChI is InChI=1S/C20H23NO4.C17H20N2S.C16H25NO2.C8H9NO2/c22-13-4-3-12-9-15-20(24)6-5-14(23)18-19(20,16(12)17(13)25-18)7-8-21(15)10-11-1-2-11;1-13(18(2)3)12-19-14-8-4-6-10-16(14)20-17-11-7-5-9-15(17)19;1-17(2)12-14-7-4-5-10-16(14,18)13-8-6-9-15(11-13)19-3;1-6(10)9-7-2-4-8(11)5-3-7/h3-4,11,15,18,22,24H,1-2,5-10H2;4-11,13H,12H2,1-3H3;6,8-9,11,14,18H,4-5,7,10,12H2,1-3H3;2-5,11H,1H3,(H,9,10)/t15-,18+,19+,20-;;14-,16+;/m1.1./s1. The number of piperidine rings is 1. The highest BCUT2D eigenvalue weighted by atomic mass is 32.2. The number of nitrogens with zero attached hydrogens (tertiary/aromatic N) is 4. The van der Waals surface area contributed by atoms with Crippen LogP contribution in [0.2, 0.25) is 0 Å². The van der Waals surface area contributed by atoms with Crippen LogP contribution >= 0.6 is 11.8 Å². The summed E-state index contributed by atoms with van der Waals surface area (Å²) in [6, 6.07) is 35.8. The second-order valence-electron chi connectivity index (χ2n) is 22.3. The Hall–Kier alpha value is -5.61. The number of amides is 1. The number of methoxy groups -OCH3 is 1. The van der Waals surface area contributed by atoms with E-state index >= 15 is 0 Å². The van der Waals surface area contributed by atoms with E-state index in [1.807, 2.05) is 42.1 Å². The first-order chi connectivity index (χ1) is 35.9. The molecule has 2 bridgehead atoms. The fourth-order valence-corrected chi connectivity index (χ4v) is 13.7. The maximum Gasteiger partial charge on any atom is 0.221 e. The lowest BCUT2D eigenvalue weighted by atomic mass is 9.49. The van der Waals surface area contributed by atoms with Crippen molar-refractivity contribution in [3.05, 3.63) is 126 Å². The molecule has 400 valence electrons. The van der Waals surface area contributed by atoms with E-state index in [1.54, 1.807) is 25.3 Å². The van der Waals surface area contributed by atoms with Gasteiger partial charge in [-0.25, -0.2) is 0 Å². The van der Waals surface area contributed by atoms with Gasteiger partial charge in [-0.1, -0.05) is 67.1 Å². The van der Waals surface area contributed by atoms with Gasteiger partial charge in [0.1, 0.15) is 11.5 Å². The molecule has 7 atom stereocenters. The lowest BCUT2D eigenvalue weighted by Gasteiger charge is -2.62. The second-order valence-corrected chi connectivity index (χ2v) is 23.3. The molecule has 13 nitrogen and oxygen atoms in total. The number of phenols is 2. The molecular formula is C61H77N5O8S. The van der Waals surface area contributed by atoms with E-state index in [2.05, 4.69) is 109 Å². The summed E-state index contributed by atoms with van der Waals surface area (Å²) in [7, 11) is 10.1. The Morgan fingerprint density at radius 2 is 1.56 bits per heavy atom. The maximum atomic E-state index is 12.7. The van der Waals surface area contributed by atoms with Gasteiger partial charge in [-0.3, -0.25) is 14.5 Å². The molecule has 4 fully saturated rings. The van der Waals surface area contributed by atoms with Gasteiger partial charge in [-0.05, 0) is 170 Å². The molecule has 1 amide bonds. The number of hydrogen-bond acceptors (Lipinski definition) is 13. The molecule has 75 heavy (non-hydrogen) atoms. The molecule has 4 aliphatic carbocycles. The van der Waals surface area contributed by atoms with Crippen LogP contribution in [0.4, 0.5) is 17.1 Å². The zero-order chi connectivity index (χ0) is 53.2. The Morgan fingerprint density at radius 3 is 2.20 bits per heavy atom. The lowest BCUT2D eigenvalue weighted by molar-refractivity contribution is -0.188. The number of fused-ring (bicyclic) bond motifs is 2. The summed E-state index contributed by atoms with van der Waals surface area (Å²) in [6.45, 7) is 7.59. The van der Waals surface area contributed by atoms with Crippen LogP contribution in [0, 0.1) is 11.8 Å². The number of carbonyl (C=O) groups is 2. The average molecular weight is 1040 g/mol. The van der Waals surface area contributed by atoms with Gasteiger partial charge >= 0.3 is 0 Å². The van der Waals surface area contributed by atoms with Crippen molar-refractivity contribution < 1.29 is 39.5 Å². The van der Waals surface area contributed by atoms with Crippen molar-refractivity contribution in [2.45, 2.75) is 123 Å². The summed E-state index contributed by atoms with van der Waals surface area (Å²) in [6.07, 6.45) is 8.57. The largest absolute Gasteiger partial charge is 0.508 e. The number of likely N-dealkylation sites (tertiary alicyclic amines) is 1. The van der Waals surface area contributed by atoms with E-state index in [1.165, 1.54) is 59.5 Å². The number of rotatable bonds is 10. The number of Topliss-reactive ketones (excluding diaryl/α,β-unsaturated/α-hetero) is 1. The molecule has 12 rings (SSSR count). The van der Waals surface area contributed by atoms with Crippen LogP contribution in [0.1, 0.15) is 88.3 Å². The van der Waals surface area contributed by atoms with Crippen molar-refractivity contribution in [1.82, 2.24) is 14.7 Å². The maximum absolute atomic E-state index is 12.7. The molecule has 1 spiro atoms. The number of aromatic hydroxyl groups is 2. The summed E-state index contributed by atoms with van der Waals surface area (Å²) in [5.74, 6) is 2.58. The minimum absolute atomic E-state index is 0.0454. The predicted molar refractivity (Wildman–Crippen MR) is 297 cm³/mol. The number of ketones is 1. The van der Waals surface area contributed by atoms with Crippen LogP contribution in [0.3, 0.4) is 0 Å². The van der Waals surface area contributed by atoms with Gasteiger partial charge < -0.3 is 49.9 Å². The molecule has 0 radical (unpaired) electrons. The number of anilines is 3. The minimum Gasteiger partial charge on any atom is -0.508 e. The molecule has 3 aliphatic heterocycles. The molecule has 14 heteroatoms. The number of hydrogen-bond donors (Lipinski definition) is 5. The second kappa shape index (κ2) is 22.5. The number of aliphatic hydroxyl groups is 2. The summed E-state index contributed by atoms with van der Waals surface area (Å²) < 4.78 is 11.3. The van der Waals surface area contributed by atoms with E-state index in [-0.39, 0.29) is 29.2 Å². The third-order valence-electron chi connectivity index (χ3n) is 16.8. The lowest BCUT2D eigenvalue weighted by Crippen LogP contribution is -2.76. The zero-order valence-electron chi connectivity index (χ0n) is 44.8. The van der Waals surface area contributed by atoms with E-state index in [0.717, 1.165) is 86.6 Å². The van der Waals surface area contributed by atoms with Gasteiger partial charge in [0.05, 0.1) is 35.1 Å². The SMILES string of the molecule is CC(=O)Nc1ccc(O)cc1.CC(CN1c2ccccc2Sc2ccccc21)N(C)C.COc1cccc([C@@]2(O)CCCC[C@@H]2CN(C)C)c1.O=C1CC[C@@]2(O)[C@H]3Cc4ccc(O)c5c4[C@@]2(CCN3CC2CC2)[C@H]1O5. The average Bonchev–Trinajstić information content (AvgIpc) is 4.25.